The Hall–Kier alpha value is -4.06. The third-order valence-corrected chi connectivity index (χ3v) is 4.16. The van der Waals surface area contributed by atoms with Crippen molar-refractivity contribution in [3.63, 3.8) is 0 Å². The summed E-state index contributed by atoms with van der Waals surface area (Å²) in [5, 5.41) is 22.9. The number of rotatable bonds is 11. The molecule has 1 atom stereocenters. The largest absolute Gasteiger partial charge is 0.505 e. The van der Waals surface area contributed by atoms with Crippen molar-refractivity contribution in [2.75, 3.05) is 26.2 Å². The molecule has 1 rings (SSSR count). The molecule has 1 heterocycles. The fourth-order valence-electron chi connectivity index (χ4n) is 2.16. The fraction of sp³-hybridized carbons (Fsp3) is 0.500. The SMILES string of the molecule is [N-]=[N+]=NCC(C(=O)OC(CN=[N+]=[N-])(CN=[N+]=[N-])CN=[N+]=[N-])n1cc(O)c(Br)cc1=O. The van der Waals surface area contributed by atoms with Gasteiger partial charge in [0.1, 0.15) is 17.4 Å². The summed E-state index contributed by atoms with van der Waals surface area (Å²) in [6, 6.07) is -0.575. The number of aromatic nitrogens is 1. The van der Waals surface area contributed by atoms with Crippen LogP contribution >= 0.6 is 15.9 Å². The standard InChI is InChI=1S/C12H12BrN13O4/c13-7-1-10(28)26(3-9(7)27)8(2-18-22-14)11(29)30-12(4-19-23-15,5-20-24-16)6-21-25-17/h1,3,8,27H,2,4-6H2. The Morgan fingerprint density at radius 2 is 1.60 bits per heavy atom. The molecule has 0 amide bonds. The zero-order valence-corrected chi connectivity index (χ0v) is 16.5. The van der Waals surface area contributed by atoms with E-state index in [0.717, 1.165) is 16.8 Å². The Labute approximate surface area is 174 Å². The van der Waals surface area contributed by atoms with Crippen LogP contribution in [0, 0.1) is 0 Å². The van der Waals surface area contributed by atoms with Crippen molar-refractivity contribution < 1.29 is 14.6 Å². The first-order chi connectivity index (χ1) is 14.3. The van der Waals surface area contributed by atoms with Crippen LogP contribution in [0.3, 0.4) is 0 Å². The van der Waals surface area contributed by atoms with Gasteiger partial charge in [-0.15, -0.1) is 0 Å². The summed E-state index contributed by atoms with van der Waals surface area (Å²) in [5.74, 6) is -1.56. The Morgan fingerprint density at radius 1 is 1.10 bits per heavy atom. The van der Waals surface area contributed by atoms with Gasteiger partial charge >= 0.3 is 5.97 Å². The predicted molar refractivity (Wildman–Crippen MR) is 104 cm³/mol. The van der Waals surface area contributed by atoms with Gasteiger partial charge in [0.25, 0.3) is 5.56 Å². The molecular weight excluding hydrogens is 470 g/mol. The highest BCUT2D eigenvalue weighted by atomic mass is 79.9. The number of carbonyl (C=O) groups excluding carboxylic acids is 1. The van der Waals surface area contributed by atoms with Crippen molar-refractivity contribution in [2.24, 2.45) is 20.5 Å². The first kappa shape index (κ1) is 24.0. The molecule has 0 radical (unpaired) electrons. The van der Waals surface area contributed by atoms with Crippen LogP contribution in [0.4, 0.5) is 0 Å². The number of aromatic hydroxyl groups is 1. The van der Waals surface area contributed by atoms with Gasteiger partial charge in [0.05, 0.1) is 36.8 Å². The molecular formula is C12H12BrN13O4. The lowest BCUT2D eigenvalue weighted by atomic mass is 10.0. The summed E-state index contributed by atoms with van der Waals surface area (Å²) < 4.78 is 6.13. The number of pyridine rings is 1. The molecule has 1 aromatic rings. The minimum Gasteiger partial charge on any atom is -0.505 e. The van der Waals surface area contributed by atoms with E-state index < -0.39 is 55.1 Å². The number of esters is 1. The highest BCUT2D eigenvalue weighted by molar-refractivity contribution is 9.10. The highest BCUT2D eigenvalue weighted by Gasteiger charge is 2.36. The van der Waals surface area contributed by atoms with Gasteiger partial charge < -0.3 is 9.84 Å². The van der Waals surface area contributed by atoms with Gasteiger partial charge in [-0.1, -0.05) is 20.5 Å². The van der Waals surface area contributed by atoms with Gasteiger partial charge in [0, 0.05) is 25.7 Å². The number of hydrogen-bond acceptors (Lipinski definition) is 8. The van der Waals surface area contributed by atoms with Gasteiger partial charge in [-0.3, -0.25) is 9.36 Å². The molecule has 0 aliphatic heterocycles. The van der Waals surface area contributed by atoms with Crippen LogP contribution in [0.15, 0.2) is 42.0 Å². The van der Waals surface area contributed by atoms with Crippen molar-refractivity contribution in [3.8, 4) is 5.75 Å². The lowest BCUT2D eigenvalue weighted by molar-refractivity contribution is -0.161. The summed E-state index contributed by atoms with van der Waals surface area (Å²) in [6.45, 7) is -2.29. The summed E-state index contributed by atoms with van der Waals surface area (Å²) in [6.07, 6.45) is 0.918. The topological polar surface area (TPSA) is 264 Å². The van der Waals surface area contributed by atoms with Crippen molar-refractivity contribution in [1.29, 1.82) is 0 Å². The molecule has 1 aromatic heterocycles. The molecule has 30 heavy (non-hydrogen) atoms. The van der Waals surface area contributed by atoms with Gasteiger partial charge in [-0.2, -0.15) is 0 Å². The van der Waals surface area contributed by atoms with Crippen molar-refractivity contribution in [3.05, 3.63) is 68.9 Å². The zero-order chi connectivity index (χ0) is 22.6. The van der Waals surface area contributed by atoms with E-state index >= 15 is 0 Å². The monoisotopic (exact) mass is 481 g/mol. The maximum atomic E-state index is 12.8. The van der Waals surface area contributed by atoms with Gasteiger partial charge in [-0.05, 0) is 38.1 Å². The van der Waals surface area contributed by atoms with E-state index in [-0.39, 0.29) is 4.47 Å². The van der Waals surface area contributed by atoms with E-state index in [0.29, 0.717) is 0 Å². The third-order valence-electron chi connectivity index (χ3n) is 3.52. The normalized spacial score (nSPS) is 12.6. The number of ether oxygens (including phenoxy) is 1. The van der Waals surface area contributed by atoms with Crippen LogP contribution in [0.25, 0.3) is 41.8 Å². The zero-order valence-electron chi connectivity index (χ0n) is 14.9. The molecule has 0 bridgehead atoms. The van der Waals surface area contributed by atoms with E-state index in [1.807, 2.05) is 0 Å². The lowest BCUT2D eigenvalue weighted by Crippen LogP contribution is -2.47. The molecule has 0 aliphatic carbocycles. The number of halogens is 1. The Balaban J connectivity index is 3.46. The van der Waals surface area contributed by atoms with E-state index in [2.05, 4.69) is 56.0 Å². The quantitative estimate of drug-likeness (QED) is 0.215. The average molecular weight is 482 g/mol. The van der Waals surface area contributed by atoms with Gasteiger partial charge in [0.2, 0.25) is 0 Å². The molecule has 156 valence electrons. The van der Waals surface area contributed by atoms with Crippen molar-refractivity contribution in [1.82, 2.24) is 4.57 Å². The molecule has 0 saturated carbocycles. The van der Waals surface area contributed by atoms with E-state index in [1.165, 1.54) is 0 Å². The molecule has 0 saturated heterocycles. The molecule has 0 aliphatic rings. The Morgan fingerprint density at radius 3 is 2.07 bits per heavy atom. The van der Waals surface area contributed by atoms with E-state index in [9.17, 15) is 14.7 Å². The Bertz CT molecular complexity index is 994. The summed E-state index contributed by atoms with van der Waals surface area (Å²) in [5.41, 5.74) is 31.7. The summed E-state index contributed by atoms with van der Waals surface area (Å²) in [7, 11) is 0. The van der Waals surface area contributed by atoms with Gasteiger partial charge in [0.15, 0.2) is 0 Å². The Kier molecular flexibility index (Phi) is 9.36. The van der Waals surface area contributed by atoms with Crippen LogP contribution in [0.2, 0.25) is 0 Å². The predicted octanol–water partition coefficient (Wildman–Crippen LogP) is 3.38. The van der Waals surface area contributed by atoms with Crippen LogP contribution in [0.5, 0.6) is 5.75 Å². The van der Waals surface area contributed by atoms with Crippen LogP contribution in [-0.4, -0.2) is 47.4 Å². The maximum absolute atomic E-state index is 12.8. The minimum absolute atomic E-state index is 0.0593. The second-order valence-corrected chi connectivity index (χ2v) is 6.31. The highest BCUT2D eigenvalue weighted by Crippen LogP contribution is 2.24. The molecule has 17 nitrogen and oxygen atoms in total. The molecule has 0 spiro atoms. The number of hydrogen-bond donors (Lipinski definition) is 1. The van der Waals surface area contributed by atoms with Crippen LogP contribution in [-0.2, 0) is 9.53 Å². The summed E-state index contributed by atoms with van der Waals surface area (Å²) in [4.78, 5) is 35.2. The maximum Gasteiger partial charge on any atom is 0.329 e. The van der Waals surface area contributed by atoms with E-state index in [4.69, 9.17) is 26.9 Å². The van der Waals surface area contributed by atoms with Crippen molar-refractivity contribution >= 4 is 21.9 Å². The first-order valence-corrected chi connectivity index (χ1v) is 8.50. The molecule has 1 N–H and O–H groups in total. The second kappa shape index (κ2) is 11.7. The minimum atomic E-state index is -1.86. The van der Waals surface area contributed by atoms with Crippen LogP contribution in [0.1, 0.15) is 6.04 Å². The number of carbonyl (C=O) groups is 1. The molecule has 0 aromatic carbocycles. The number of nitrogens with zero attached hydrogens (tertiary/aromatic N) is 13. The lowest BCUT2D eigenvalue weighted by Gasteiger charge is -2.31. The third kappa shape index (κ3) is 6.53. The molecule has 18 heteroatoms. The second-order valence-electron chi connectivity index (χ2n) is 5.45. The first-order valence-electron chi connectivity index (χ1n) is 7.71. The van der Waals surface area contributed by atoms with Crippen LogP contribution < -0.4 is 5.56 Å². The fourth-order valence-corrected chi connectivity index (χ4v) is 2.46. The summed E-state index contributed by atoms with van der Waals surface area (Å²) >= 11 is 2.95. The van der Waals surface area contributed by atoms with Crippen molar-refractivity contribution in [2.45, 2.75) is 11.6 Å². The van der Waals surface area contributed by atoms with Gasteiger partial charge in [-0.25, -0.2) is 4.79 Å². The molecule has 1 unspecified atom stereocenters. The smallest absolute Gasteiger partial charge is 0.329 e. The molecule has 0 fully saturated rings. The number of azide groups is 4. The average Bonchev–Trinajstić information content (AvgIpc) is 2.72. The van der Waals surface area contributed by atoms with E-state index in [1.54, 1.807) is 0 Å².